The van der Waals surface area contributed by atoms with E-state index in [1.165, 1.54) is 7.11 Å². The zero-order valence-corrected chi connectivity index (χ0v) is 20.5. The van der Waals surface area contributed by atoms with Crippen LogP contribution in [0.15, 0.2) is 30.3 Å². The molecule has 5 rings (SSSR count). The fourth-order valence-corrected chi connectivity index (χ4v) is 4.49. The molecule has 0 spiro atoms. The first-order valence-electron chi connectivity index (χ1n) is 11.7. The van der Waals surface area contributed by atoms with Crippen LogP contribution < -0.4 is 29.4 Å². The molecule has 0 fully saturated rings. The van der Waals surface area contributed by atoms with E-state index in [9.17, 15) is 9.59 Å². The lowest BCUT2D eigenvalue weighted by Gasteiger charge is -2.20. The minimum absolute atomic E-state index is 0.0270. The van der Waals surface area contributed by atoms with Gasteiger partial charge in [-0.3, -0.25) is 0 Å². The highest BCUT2D eigenvalue weighted by Gasteiger charge is 2.32. The number of nitrogens with two attached hydrogens (primary N) is 1. The van der Waals surface area contributed by atoms with Gasteiger partial charge in [-0.2, -0.15) is 0 Å². The maximum Gasteiger partial charge on any atom is 0.339 e. The van der Waals surface area contributed by atoms with Crippen LogP contribution in [0.5, 0.6) is 28.7 Å². The van der Waals surface area contributed by atoms with Crippen molar-refractivity contribution in [1.29, 1.82) is 0 Å². The summed E-state index contributed by atoms with van der Waals surface area (Å²) in [6.45, 7) is 4.00. The molecule has 0 aromatic heterocycles. The molecule has 0 bridgehead atoms. The second-order valence-corrected chi connectivity index (χ2v) is 8.82. The summed E-state index contributed by atoms with van der Waals surface area (Å²) in [5.74, 6) is 0.987. The Morgan fingerprint density at radius 3 is 2.36 bits per heavy atom. The molecule has 9 heteroatoms. The highest BCUT2D eigenvalue weighted by Crippen LogP contribution is 2.49. The molecule has 0 aliphatic carbocycles. The van der Waals surface area contributed by atoms with Gasteiger partial charge in [0.1, 0.15) is 18.4 Å². The Labute approximate surface area is 208 Å². The van der Waals surface area contributed by atoms with Crippen molar-refractivity contribution in [3.8, 4) is 39.9 Å². The first kappa shape index (κ1) is 23.7. The Morgan fingerprint density at radius 2 is 1.67 bits per heavy atom. The summed E-state index contributed by atoms with van der Waals surface area (Å²) in [6, 6.07) is 7.98. The second kappa shape index (κ2) is 9.23. The van der Waals surface area contributed by atoms with Gasteiger partial charge < -0.3 is 34.2 Å². The maximum atomic E-state index is 13.0. The minimum atomic E-state index is -0.819. The number of carbonyl (C=O) groups is 2. The van der Waals surface area contributed by atoms with Gasteiger partial charge in [-0.15, -0.1) is 0 Å². The quantitative estimate of drug-likeness (QED) is 0.382. The molecule has 0 saturated heterocycles. The predicted octanol–water partition coefficient (Wildman–Crippen LogP) is 4.20. The van der Waals surface area contributed by atoms with E-state index in [1.807, 2.05) is 26.0 Å². The van der Waals surface area contributed by atoms with Crippen molar-refractivity contribution >= 4 is 22.7 Å². The molecule has 2 atom stereocenters. The molecule has 2 aliphatic rings. The summed E-state index contributed by atoms with van der Waals surface area (Å²) in [6.07, 6.45) is 0.717. The largest absolute Gasteiger partial charge is 0.493 e. The molecule has 3 aromatic carbocycles. The SMILES string of the molecule is CC[C@H](C)[C@H](N)C(=O)Oc1cc2c(cc1-c1c3c(cc4cc(OC)c(OC)cc14)COC3=O)OCO2. The number of hydrogen-bond acceptors (Lipinski definition) is 9. The molecule has 0 unspecified atom stereocenters. The third-order valence-corrected chi connectivity index (χ3v) is 6.77. The molecule has 0 amide bonds. The van der Waals surface area contributed by atoms with Crippen LogP contribution in [0, 0.1) is 5.92 Å². The van der Waals surface area contributed by atoms with Gasteiger partial charge in [0.15, 0.2) is 23.0 Å². The van der Waals surface area contributed by atoms with E-state index in [4.69, 9.17) is 34.2 Å². The number of fused-ring (bicyclic) bond motifs is 3. The molecule has 3 aromatic rings. The average Bonchev–Trinajstić information content (AvgIpc) is 3.50. The van der Waals surface area contributed by atoms with Gasteiger partial charge in [-0.25, -0.2) is 9.59 Å². The summed E-state index contributed by atoms with van der Waals surface area (Å²) in [5, 5.41) is 1.48. The number of methoxy groups -OCH3 is 2. The molecule has 0 radical (unpaired) electrons. The Bertz CT molecular complexity index is 1380. The molecule has 9 nitrogen and oxygen atoms in total. The molecule has 188 valence electrons. The summed E-state index contributed by atoms with van der Waals surface area (Å²) < 4.78 is 33.4. The van der Waals surface area contributed by atoms with Crippen LogP contribution in [0.2, 0.25) is 0 Å². The van der Waals surface area contributed by atoms with E-state index < -0.39 is 18.0 Å². The smallest absolute Gasteiger partial charge is 0.339 e. The van der Waals surface area contributed by atoms with Gasteiger partial charge in [-0.05, 0) is 41.0 Å². The van der Waals surface area contributed by atoms with Crippen LogP contribution in [0.25, 0.3) is 21.9 Å². The normalized spacial score (nSPS) is 15.3. The first-order chi connectivity index (χ1) is 17.4. The van der Waals surface area contributed by atoms with Crippen molar-refractivity contribution in [3.05, 3.63) is 41.5 Å². The van der Waals surface area contributed by atoms with E-state index in [-0.39, 0.29) is 25.1 Å². The first-order valence-corrected chi connectivity index (χ1v) is 11.7. The second-order valence-electron chi connectivity index (χ2n) is 8.82. The average molecular weight is 494 g/mol. The number of ether oxygens (including phenoxy) is 6. The van der Waals surface area contributed by atoms with Gasteiger partial charge in [0, 0.05) is 22.8 Å². The summed E-state index contributed by atoms with van der Waals surface area (Å²) in [7, 11) is 3.09. The number of rotatable bonds is 7. The van der Waals surface area contributed by atoms with Crippen molar-refractivity contribution in [2.45, 2.75) is 32.9 Å². The standard InChI is InChI=1S/C27H27NO8/c1-5-13(2)25(28)27(30)36-18-10-22-21(34-12-35-22)9-17(18)24-16-8-20(32-4)19(31-3)7-14(16)6-15-11-33-26(29)23(15)24/h6-10,13,25H,5,11-12,28H2,1-4H3/t13-,25-/m0/s1. The fourth-order valence-electron chi connectivity index (χ4n) is 4.49. The van der Waals surface area contributed by atoms with Gasteiger partial charge in [0.25, 0.3) is 0 Å². The van der Waals surface area contributed by atoms with Gasteiger partial charge in [-0.1, -0.05) is 20.3 Å². The van der Waals surface area contributed by atoms with E-state index >= 15 is 0 Å². The van der Waals surface area contributed by atoms with Gasteiger partial charge in [0.05, 0.1) is 19.8 Å². The lowest BCUT2D eigenvalue weighted by atomic mass is 9.89. The molecule has 2 aliphatic heterocycles. The van der Waals surface area contributed by atoms with Crippen LogP contribution in [0.4, 0.5) is 0 Å². The van der Waals surface area contributed by atoms with Crippen molar-refractivity contribution in [1.82, 2.24) is 0 Å². The summed E-state index contributed by atoms with van der Waals surface area (Å²) >= 11 is 0. The van der Waals surface area contributed by atoms with Crippen molar-refractivity contribution in [2.75, 3.05) is 21.0 Å². The van der Waals surface area contributed by atoms with E-state index in [0.29, 0.717) is 57.1 Å². The monoisotopic (exact) mass is 493 g/mol. The van der Waals surface area contributed by atoms with Crippen LogP contribution in [0.1, 0.15) is 36.2 Å². The third kappa shape index (κ3) is 3.85. The van der Waals surface area contributed by atoms with Crippen molar-refractivity contribution < 1.29 is 38.0 Å². The van der Waals surface area contributed by atoms with Crippen LogP contribution in [-0.4, -0.2) is 39.0 Å². The third-order valence-electron chi connectivity index (χ3n) is 6.77. The van der Waals surface area contributed by atoms with Crippen molar-refractivity contribution in [3.63, 3.8) is 0 Å². The number of cyclic esters (lactones) is 1. The molecular formula is C27H27NO8. The van der Waals surface area contributed by atoms with Crippen LogP contribution >= 0.6 is 0 Å². The van der Waals surface area contributed by atoms with E-state index in [0.717, 1.165) is 5.39 Å². The number of esters is 2. The van der Waals surface area contributed by atoms with Gasteiger partial charge >= 0.3 is 11.9 Å². The summed E-state index contributed by atoms with van der Waals surface area (Å²) in [4.78, 5) is 25.9. The highest BCUT2D eigenvalue weighted by atomic mass is 16.7. The number of benzene rings is 3. The van der Waals surface area contributed by atoms with E-state index in [1.54, 1.807) is 25.3 Å². The number of hydrogen-bond donors (Lipinski definition) is 1. The van der Waals surface area contributed by atoms with E-state index in [2.05, 4.69) is 0 Å². The Hall–Kier alpha value is -3.98. The van der Waals surface area contributed by atoms with Gasteiger partial charge in [0.2, 0.25) is 6.79 Å². The molecular weight excluding hydrogens is 466 g/mol. The molecule has 2 heterocycles. The lowest BCUT2D eigenvalue weighted by molar-refractivity contribution is -0.137. The lowest BCUT2D eigenvalue weighted by Crippen LogP contribution is -2.39. The molecule has 0 saturated carbocycles. The fraction of sp³-hybridized carbons (Fsp3) is 0.333. The zero-order chi connectivity index (χ0) is 25.6. The predicted molar refractivity (Wildman–Crippen MR) is 131 cm³/mol. The van der Waals surface area contributed by atoms with Crippen molar-refractivity contribution in [2.24, 2.45) is 11.7 Å². The van der Waals surface area contributed by atoms with Crippen LogP contribution in [-0.2, 0) is 16.1 Å². The Morgan fingerprint density at radius 1 is 0.972 bits per heavy atom. The Kier molecular flexibility index (Phi) is 6.09. The molecule has 36 heavy (non-hydrogen) atoms. The Balaban J connectivity index is 1.78. The number of carbonyl (C=O) groups excluding carboxylic acids is 2. The topological polar surface area (TPSA) is 116 Å². The van der Waals surface area contributed by atoms with Crippen LogP contribution in [0.3, 0.4) is 0 Å². The molecule has 2 N–H and O–H groups in total. The maximum absolute atomic E-state index is 13.0. The highest BCUT2D eigenvalue weighted by molar-refractivity contribution is 6.12. The summed E-state index contributed by atoms with van der Waals surface area (Å²) in [5.41, 5.74) is 8.25. The zero-order valence-electron chi connectivity index (χ0n) is 20.5. The minimum Gasteiger partial charge on any atom is -0.493 e.